The monoisotopic (exact) mass is 311 g/mol. The second-order valence-corrected chi connectivity index (χ2v) is 5.45. The fourth-order valence-corrected chi connectivity index (χ4v) is 2.53. The second kappa shape index (κ2) is 9.67. The Morgan fingerprint density at radius 2 is 1.70 bits per heavy atom. The van der Waals surface area contributed by atoms with Gasteiger partial charge in [-0.15, -0.1) is 0 Å². The molecule has 0 amide bonds. The maximum atomic E-state index is 11.3. The molecule has 0 aliphatic carbocycles. The molecule has 0 heterocycles. The van der Waals surface area contributed by atoms with Crippen molar-refractivity contribution in [2.45, 2.75) is 32.6 Å². The highest BCUT2D eigenvalue weighted by Crippen LogP contribution is 2.27. The molecule has 0 saturated carbocycles. The van der Waals surface area contributed by atoms with E-state index in [0.717, 1.165) is 31.5 Å². The molecule has 0 radical (unpaired) electrons. The second-order valence-electron chi connectivity index (χ2n) is 5.45. The van der Waals surface area contributed by atoms with E-state index in [2.05, 4.69) is 53.8 Å². The number of anilines is 1. The Hall–Kier alpha value is -2.29. The normalized spacial score (nSPS) is 10.3. The Morgan fingerprint density at radius 1 is 0.957 bits per heavy atom. The van der Waals surface area contributed by atoms with Crippen molar-refractivity contribution in [1.29, 1.82) is 0 Å². The summed E-state index contributed by atoms with van der Waals surface area (Å²) in [4.78, 5) is 11.3. The zero-order chi connectivity index (χ0) is 16.3. The quantitative estimate of drug-likeness (QED) is 0.529. The van der Waals surface area contributed by atoms with Crippen LogP contribution in [0.25, 0.3) is 11.1 Å². The molecule has 1 N–H and O–H groups in total. The average Bonchev–Trinajstić information content (AvgIpc) is 2.59. The molecule has 3 heteroatoms. The zero-order valence-electron chi connectivity index (χ0n) is 13.8. The van der Waals surface area contributed by atoms with Crippen molar-refractivity contribution in [1.82, 2.24) is 0 Å². The summed E-state index contributed by atoms with van der Waals surface area (Å²) in [5.74, 6) is -0.0881. The van der Waals surface area contributed by atoms with E-state index in [1.54, 1.807) is 0 Å². The fraction of sp³-hybridized carbons (Fsp3) is 0.350. The van der Waals surface area contributed by atoms with E-state index in [-0.39, 0.29) is 5.97 Å². The summed E-state index contributed by atoms with van der Waals surface area (Å²) >= 11 is 0. The number of unbranched alkanes of at least 4 members (excludes halogenated alkanes) is 2. The topological polar surface area (TPSA) is 38.3 Å². The molecule has 0 bridgehead atoms. The van der Waals surface area contributed by atoms with Crippen LogP contribution in [0.4, 0.5) is 5.69 Å². The van der Waals surface area contributed by atoms with Crippen molar-refractivity contribution >= 4 is 11.7 Å². The van der Waals surface area contributed by atoms with Gasteiger partial charge in [0.2, 0.25) is 0 Å². The number of nitrogens with one attached hydrogen (secondary N) is 1. The molecule has 0 aliphatic heterocycles. The minimum Gasteiger partial charge on any atom is -0.466 e. The Kier molecular flexibility index (Phi) is 7.18. The standard InChI is InChI=1S/C20H25NO2/c1-2-23-20(22)15-7-4-10-16-21-19-14-9-8-13-18(19)17-11-5-3-6-12-17/h3,5-6,8-9,11-14,21H,2,4,7,10,15-16H2,1H3. The third-order valence-electron chi connectivity index (χ3n) is 3.69. The van der Waals surface area contributed by atoms with E-state index in [1.165, 1.54) is 11.1 Å². The van der Waals surface area contributed by atoms with Gasteiger partial charge in [0.25, 0.3) is 0 Å². The molecule has 2 rings (SSSR count). The molecule has 0 saturated heterocycles. The van der Waals surface area contributed by atoms with E-state index >= 15 is 0 Å². The first-order chi connectivity index (χ1) is 11.3. The van der Waals surface area contributed by atoms with Gasteiger partial charge in [-0.25, -0.2) is 0 Å². The van der Waals surface area contributed by atoms with E-state index in [1.807, 2.05) is 13.0 Å². The summed E-state index contributed by atoms with van der Waals surface area (Å²) in [6.45, 7) is 3.22. The molecule has 0 spiro atoms. The Morgan fingerprint density at radius 3 is 2.48 bits per heavy atom. The lowest BCUT2D eigenvalue weighted by molar-refractivity contribution is -0.143. The number of para-hydroxylation sites is 1. The molecule has 0 fully saturated rings. The first-order valence-corrected chi connectivity index (χ1v) is 8.35. The molecule has 2 aromatic rings. The summed E-state index contributed by atoms with van der Waals surface area (Å²) in [7, 11) is 0. The summed E-state index contributed by atoms with van der Waals surface area (Å²) in [6, 6.07) is 18.8. The number of hydrogen-bond donors (Lipinski definition) is 1. The van der Waals surface area contributed by atoms with Crippen LogP contribution >= 0.6 is 0 Å². The molecular formula is C20H25NO2. The van der Waals surface area contributed by atoms with Crippen molar-refractivity contribution in [3.63, 3.8) is 0 Å². The maximum Gasteiger partial charge on any atom is 0.305 e. The van der Waals surface area contributed by atoms with Crippen LogP contribution in [0.2, 0.25) is 0 Å². The van der Waals surface area contributed by atoms with Crippen LogP contribution in [0.3, 0.4) is 0 Å². The number of ether oxygens (including phenoxy) is 1. The van der Waals surface area contributed by atoms with Crippen molar-refractivity contribution in [3.8, 4) is 11.1 Å². The van der Waals surface area contributed by atoms with E-state index < -0.39 is 0 Å². The van der Waals surface area contributed by atoms with Crippen molar-refractivity contribution in [2.75, 3.05) is 18.5 Å². The van der Waals surface area contributed by atoms with Gasteiger partial charge in [-0.3, -0.25) is 4.79 Å². The minimum absolute atomic E-state index is 0.0881. The van der Waals surface area contributed by atoms with Gasteiger partial charge in [0.15, 0.2) is 0 Å². The summed E-state index contributed by atoms with van der Waals surface area (Å²) in [6.07, 6.45) is 3.48. The van der Waals surface area contributed by atoms with Gasteiger partial charge in [-0.2, -0.15) is 0 Å². The first kappa shape index (κ1) is 17.1. The molecule has 0 aliphatic rings. The van der Waals surface area contributed by atoms with Gasteiger partial charge in [-0.05, 0) is 31.4 Å². The number of carbonyl (C=O) groups excluding carboxylic acids is 1. The number of benzene rings is 2. The smallest absolute Gasteiger partial charge is 0.305 e. The van der Waals surface area contributed by atoms with Crippen LogP contribution in [0.1, 0.15) is 32.6 Å². The van der Waals surface area contributed by atoms with Crippen LogP contribution < -0.4 is 5.32 Å². The highest BCUT2D eigenvalue weighted by Gasteiger charge is 2.04. The lowest BCUT2D eigenvalue weighted by Crippen LogP contribution is -2.05. The van der Waals surface area contributed by atoms with Crippen molar-refractivity contribution in [3.05, 3.63) is 54.6 Å². The van der Waals surface area contributed by atoms with Crippen LogP contribution in [0, 0.1) is 0 Å². The summed E-state index contributed by atoms with van der Waals surface area (Å²) in [5, 5.41) is 3.51. The van der Waals surface area contributed by atoms with Crippen molar-refractivity contribution in [2.24, 2.45) is 0 Å². The number of carbonyl (C=O) groups is 1. The number of esters is 1. The molecular weight excluding hydrogens is 286 g/mol. The average molecular weight is 311 g/mol. The van der Waals surface area contributed by atoms with Gasteiger partial charge in [0.1, 0.15) is 0 Å². The van der Waals surface area contributed by atoms with Gasteiger partial charge < -0.3 is 10.1 Å². The predicted molar refractivity (Wildman–Crippen MR) is 95.5 cm³/mol. The van der Waals surface area contributed by atoms with E-state index in [9.17, 15) is 4.79 Å². The molecule has 23 heavy (non-hydrogen) atoms. The third-order valence-corrected chi connectivity index (χ3v) is 3.69. The fourth-order valence-electron chi connectivity index (χ4n) is 2.53. The van der Waals surface area contributed by atoms with Gasteiger partial charge in [-0.1, -0.05) is 55.0 Å². The lowest BCUT2D eigenvalue weighted by atomic mass is 10.0. The Balaban J connectivity index is 1.77. The number of rotatable bonds is 9. The predicted octanol–water partition coefficient (Wildman–Crippen LogP) is 4.89. The van der Waals surface area contributed by atoms with Gasteiger partial charge in [0.05, 0.1) is 6.61 Å². The number of hydrogen-bond acceptors (Lipinski definition) is 3. The maximum absolute atomic E-state index is 11.3. The van der Waals surface area contributed by atoms with Gasteiger partial charge >= 0.3 is 5.97 Å². The Bertz CT molecular complexity index is 596. The summed E-state index contributed by atoms with van der Waals surface area (Å²) < 4.78 is 4.93. The molecule has 0 atom stereocenters. The first-order valence-electron chi connectivity index (χ1n) is 8.35. The van der Waals surface area contributed by atoms with Crippen LogP contribution in [0.15, 0.2) is 54.6 Å². The summed E-state index contributed by atoms with van der Waals surface area (Å²) in [5.41, 5.74) is 3.60. The van der Waals surface area contributed by atoms with Crippen LogP contribution in [-0.2, 0) is 9.53 Å². The van der Waals surface area contributed by atoms with E-state index in [0.29, 0.717) is 13.0 Å². The lowest BCUT2D eigenvalue weighted by Gasteiger charge is -2.12. The Labute approximate surface area is 138 Å². The zero-order valence-corrected chi connectivity index (χ0v) is 13.8. The molecule has 122 valence electrons. The van der Waals surface area contributed by atoms with Crippen LogP contribution in [-0.4, -0.2) is 19.1 Å². The largest absolute Gasteiger partial charge is 0.466 e. The molecule has 2 aromatic carbocycles. The van der Waals surface area contributed by atoms with Gasteiger partial charge in [0, 0.05) is 24.2 Å². The third kappa shape index (κ3) is 5.78. The minimum atomic E-state index is -0.0881. The molecule has 0 aromatic heterocycles. The highest BCUT2D eigenvalue weighted by atomic mass is 16.5. The highest BCUT2D eigenvalue weighted by molar-refractivity contribution is 5.77. The van der Waals surface area contributed by atoms with Crippen LogP contribution in [0.5, 0.6) is 0 Å². The van der Waals surface area contributed by atoms with Crippen molar-refractivity contribution < 1.29 is 9.53 Å². The van der Waals surface area contributed by atoms with E-state index in [4.69, 9.17) is 4.74 Å². The molecule has 0 unspecified atom stereocenters. The molecule has 3 nitrogen and oxygen atoms in total. The SMILES string of the molecule is CCOC(=O)CCCCCNc1ccccc1-c1ccccc1.